The van der Waals surface area contributed by atoms with Crippen LogP contribution in [0.2, 0.25) is 0 Å². The number of carbonyl (C=O) groups excluding carboxylic acids is 1. The molecule has 0 bridgehead atoms. The van der Waals surface area contributed by atoms with Crippen molar-refractivity contribution in [2.24, 2.45) is 5.92 Å². The van der Waals surface area contributed by atoms with Crippen molar-refractivity contribution in [3.05, 3.63) is 52.9 Å². The minimum atomic E-state index is -3.69. The van der Waals surface area contributed by atoms with Gasteiger partial charge >= 0.3 is 0 Å². The Morgan fingerprint density at radius 2 is 1.88 bits per heavy atom. The first-order chi connectivity index (χ1) is 11.3. The van der Waals surface area contributed by atoms with Crippen molar-refractivity contribution in [1.82, 2.24) is 10.0 Å². The van der Waals surface area contributed by atoms with Crippen LogP contribution in [0.25, 0.3) is 0 Å². The second-order valence-corrected chi connectivity index (χ2v) is 8.81. The van der Waals surface area contributed by atoms with E-state index in [2.05, 4.69) is 10.0 Å². The van der Waals surface area contributed by atoms with E-state index in [1.807, 2.05) is 45.0 Å². The number of hydrogen-bond acceptors (Lipinski definition) is 4. The molecule has 0 aliphatic carbocycles. The molecule has 0 saturated heterocycles. The molecule has 0 aliphatic heterocycles. The molecule has 130 valence electrons. The molecule has 1 aromatic carbocycles. The minimum Gasteiger partial charge on any atom is -0.351 e. The Kier molecular flexibility index (Phi) is 6.15. The fourth-order valence-electron chi connectivity index (χ4n) is 2.23. The predicted octanol–water partition coefficient (Wildman–Crippen LogP) is 2.68. The molecule has 24 heavy (non-hydrogen) atoms. The van der Waals surface area contributed by atoms with E-state index in [9.17, 15) is 13.2 Å². The van der Waals surface area contributed by atoms with E-state index >= 15 is 0 Å². The molecular formula is C17H22N2O3S2. The Morgan fingerprint density at radius 1 is 1.17 bits per heavy atom. The summed E-state index contributed by atoms with van der Waals surface area (Å²) in [6.07, 6.45) is 0. The Labute approximate surface area is 147 Å². The minimum absolute atomic E-state index is 0.170. The zero-order valence-corrected chi connectivity index (χ0v) is 15.6. The number of nitrogens with one attached hydrogen (secondary N) is 2. The summed E-state index contributed by atoms with van der Waals surface area (Å²) in [4.78, 5) is 12.5. The lowest BCUT2D eigenvalue weighted by atomic mass is 10.0. The molecular weight excluding hydrogens is 344 g/mol. The molecule has 5 nitrogen and oxygen atoms in total. The van der Waals surface area contributed by atoms with Gasteiger partial charge < -0.3 is 5.32 Å². The van der Waals surface area contributed by atoms with Gasteiger partial charge in [-0.05, 0) is 35.4 Å². The fourth-order valence-corrected chi connectivity index (χ4v) is 4.59. The smallest absolute Gasteiger partial charge is 0.250 e. The SMILES string of the molecule is Cc1ccccc1CNC(=O)C(NS(=O)(=O)c1cccs1)C(C)C. The summed E-state index contributed by atoms with van der Waals surface area (Å²) >= 11 is 1.13. The number of aryl methyl sites for hydroxylation is 1. The molecule has 1 aromatic heterocycles. The van der Waals surface area contributed by atoms with E-state index < -0.39 is 16.1 Å². The molecule has 1 unspecified atom stereocenters. The molecule has 0 aliphatic rings. The van der Waals surface area contributed by atoms with Gasteiger partial charge in [0.2, 0.25) is 5.91 Å². The third-order valence-electron chi connectivity index (χ3n) is 3.71. The molecule has 0 fully saturated rings. The zero-order valence-electron chi connectivity index (χ0n) is 13.9. The highest BCUT2D eigenvalue weighted by molar-refractivity contribution is 7.91. The lowest BCUT2D eigenvalue weighted by molar-refractivity contribution is -0.123. The van der Waals surface area contributed by atoms with Crippen molar-refractivity contribution in [3.8, 4) is 0 Å². The Hall–Kier alpha value is -1.70. The van der Waals surface area contributed by atoms with E-state index in [1.54, 1.807) is 11.4 Å². The zero-order chi connectivity index (χ0) is 17.7. The normalized spacial score (nSPS) is 13.0. The number of thiophene rings is 1. The van der Waals surface area contributed by atoms with Crippen LogP contribution >= 0.6 is 11.3 Å². The summed E-state index contributed by atoms with van der Waals surface area (Å²) in [5, 5.41) is 4.52. The van der Waals surface area contributed by atoms with E-state index in [4.69, 9.17) is 0 Å². The molecule has 1 amide bonds. The summed E-state index contributed by atoms with van der Waals surface area (Å²) in [5.74, 6) is -0.495. The highest BCUT2D eigenvalue weighted by atomic mass is 32.2. The van der Waals surface area contributed by atoms with Crippen molar-refractivity contribution >= 4 is 27.3 Å². The molecule has 0 spiro atoms. The standard InChI is InChI=1S/C17H22N2O3S2/c1-12(2)16(19-24(21,22)15-9-6-10-23-15)17(20)18-11-14-8-5-4-7-13(14)3/h4-10,12,16,19H,11H2,1-3H3,(H,18,20). The molecule has 0 saturated carbocycles. The quantitative estimate of drug-likeness (QED) is 0.791. The summed E-state index contributed by atoms with van der Waals surface area (Å²) in [5.41, 5.74) is 2.09. The van der Waals surface area contributed by atoms with Crippen molar-refractivity contribution in [3.63, 3.8) is 0 Å². The second kappa shape index (κ2) is 7.92. The van der Waals surface area contributed by atoms with Crippen molar-refractivity contribution < 1.29 is 13.2 Å². The van der Waals surface area contributed by atoms with Crippen LogP contribution in [-0.4, -0.2) is 20.4 Å². The Balaban J connectivity index is 2.07. The lowest BCUT2D eigenvalue weighted by Gasteiger charge is -2.21. The Bertz CT molecular complexity index is 784. The first kappa shape index (κ1) is 18.6. The fraction of sp³-hybridized carbons (Fsp3) is 0.353. The number of amides is 1. The van der Waals surface area contributed by atoms with Gasteiger partial charge in [-0.2, -0.15) is 4.72 Å². The first-order valence-electron chi connectivity index (χ1n) is 7.69. The number of sulfonamides is 1. The highest BCUT2D eigenvalue weighted by Gasteiger charge is 2.28. The average Bonchev–Trinajstić information content (AvgIpc) is 3.06. The summed E-state index contributed by atoms with van der Waals surface area (Å²) in [6, 6.07) is 10.1. The van der Waals surface area contributed by atoms with Crippen LogP contribution in [0.4, 0.5) is 0 Å². The van der Waals surface area contributed by atoms with Gasteiger partial charge in [-0.25, -0.2) is 8.42 Å². The van der Waals surface area contributed by atoms with E-state index in [0.29, 0.717) is 6.54 Å². The van der Waals surface area contributed by atoms with E-state index in [0.717, 1.165) is 22.5 Å². The van der Waals surface area contributed by atoms with Crippen molar-refractivity contribution in [1.29, 1.82) is 0 Å². The van der Waals surface area contributed by atoms with Gasteiger partial charge in [-0.3, -0.25) is 4.79 Å². The van der Waals surface area contributed by atoms with Gasteiger partial charge in [-0.1, -0.05) is 44.2 Å². The molecule has 2 aromatic rings. The summed E-state index contributed by atoms with van der Waals surface area (Å²) in [7, 11) is -3.69. The molecule has 2 N–H and O–H groups in total. The molecule has 0 radical (unpaired) electrons. The van der Waals surface area contributed by atoms with Crippen LogP contribution in [0, 0.1) is 12.8 Å². The number of rotatable bonds is 7. The van der Waals surface area contributed by atoms with Crippen molar-refractivity contribution in [2.75, 3.05) is 0 Å². The van der Waals surface area contributed by atoms with Crippen LogP contribution in [-0.2, 0) is 21.4 Å². The monoisotopic (exact) mass is 366 g/mol. The maximum Gasteiger partial charge on any atom is 0.250 e. The van der Waals surface area contributed by atoms with Crippen LogP contribution in [0.5, 0.6) is 0 Å². The number of hydrogen-bond donors (Lipinski definition) is 2. The largest absolute Gasteiger partial charge is 0.351 e. The van der Waals surface area contributed by atoms with Crippen LogP contribution in [0.3, 0.4) is 0 Å². The van der Waals surface area contributed by atoms with Gasteiger partial charge in [-0.15, -0.1) is 11.3 Å². The predicted molar refractivity (Wildman–Crippen MR) is 96.3 cm³/mol. The van der Waals surface area contributed by atoms with Gasteiger partial charge in [0, 0.05) is 6.54 Å². The maximum absolute atomic E-state index is 12.5. The van der Waals surface area contributed by atoms with E-state index in [-0.39, 0.29) is 16.0 Å². The molecule has 1 heterocycles. The molecule has 1 atom stereocenters. The average molecular weight is 367 g/mol. The van der Waals surface area contributed by atoms with Crippen LogP contribution in [0.1, 0.15) is 25.0 Å². The van der Waals surface area contributed by atoms with Gasteiger partial charge in [0.15, 0.2) is 0 Å². The maximum atomic E-state index is 12.5. The third-order valence-corrected chi connectivity index (χ3v) is 6.54. The third kappa shape index (κ3) is 4.66. The molecule has 2 rings (SSSR count). The van der Waals surface area contributed by atoms with Crippen LogP contribution in [0.15, 0.2) is 46.0 Å². The highest BCUT2D eigenvalue weighted by Crippen LogP contribution is 2.17. The second-order valence-electron chi connectivity index (χ2n) is 5.92. The van der Waals surface area contributed by atoms with E-state index in [1.165, 1.54) is 6.07 Å². The van der Waals surface area contributed by atoms with Gasteiger partial charge in [0.1, 0.15) is 10.3 Å². The lowest BCUT2D eigenvalue weighted by Crippen LogP contribution is -2.49. The number of benzene rings is 1. The summed E-state index contributed by atoms with van der Waals surface area (Å²) in [6.45, 7) is 5.97. The first-order valence-corrected chi connectivity index (χ1v) is 10.1. The topological polar surface area (TPSA) is 75.3 Å². The summed E-state index contributed by atoms with van der Waals surface area (Å²) < 4.78 is 27.4. The van der Waals surface area contributed by atoms with Crippen LogP contribution < -0.4 is 10.0 Å². The van der Waals surface area contributed by atoms with Crippen molar-refractivity contribution in [2.45, 2.75) is 37.6 Å². The Morgan fingerprint density at radius 3 is 2.46 bits per heavy atom. The van der Waals surface area contributed by atoms with Gasteiger partial charge in [0.25, 0.3) is 10.0 Å². The molecule has 7 heteroatoms. The number of carbonyl (C=O) groups is 1. The van der Waals surface area contributed by atoms with Gasteiger partial charge in [0.05, 0.1) is 0 Å².